The topological polar surface area (TPSA) is 52.6 Å². The van der Waals surface area contributed by atoms with Crippen molar-refractivity contribution in [1.82, 2.24) is 20.5 Å². The molecule has 0 amide bonds. The fraction of sp³-hybridized carbons (Fsp3) is 0.429. The van der Waals surface area contributed by atoms with Gasteiger partial charge in [0.25, 0.3) is 0 Å². The van der Waals surface area contributed by atoms with Crippen LogP contribution >= 0.6 is 0 Å². The monoisotopic (exact) mass is 387 g/mol. The molecule has 1 aliphatic rings. The minimum atomic E-state index is -0.488. The second-order valence-corrected chi connectivity index (χ2v) is 7.11. The van der Waals surface area contributed by atoms with E-state index in [2.05, 4.69) is 25.5 Å². The van der Waals surface area contributed by atoms with Gasteiger partial charge in [-0.05, 0) is 50.1 Å². The lowest BCUT2D eigenvalue weighted by atomic mass is 10.0. The Kier molecular flexibility index (Phi) is 6.92. The molecule has 1 fully saturated rings. The number of nitrogens with zero attached hydrogens (tertiary/aromatic N) is 3. The molecule has 1 aromatic heterocycles. The van der Waals surface area contributed by atoms with E-state index in [-0.39, 0.29) is 18.2 Å². The van der Waals surface area contributed by atoms with E-state index >= 15 is 0 Å². The Balaban J connectivity index is 1.55. The van der Waals surface area contributed by atoms with Gasteiger partial charge < -0.3 is 10.6 Å². The van der Waals surface area contributed by atoms with E-state index in [4.69, 9.17) is 0 Å². The SMILES string of the molecule is CN=C(NCc1ncccc1C)NC1CCCN(Cc2c(F)cccc2F)C1. The number of guanidine groups is 1. The van der Waals surface area contributed by atoms with E-state index in [0.717, 1.165) is 30.6 Å². The van der Waals surface area contributed by atoms with Crippen LogP contribution in [0.5, 0.6) is 0 Å². The Morgan fingerprint density at radius 2 is 2.04 bits per heavy atom. The van der Waals surface area contributed by atoms with Gasteiger partial charge in [0, 0.05) is 37.9 Å². The average molecular weight is 387 g/mol. The zero-order valence-electron chi connectivity index (χ0n) is 16.4. The van der Waals surface area contributed by atoms with Crippen molar-refractivity contribution in [3.63, 3.8) is 0 Å². The molecule has 0 saturated carbocycles. The van der Waals surface area contributed by atoms with Gasteiger partial charge in [0.15, 0.2) is 5.96 Å². The first-order valence-corrected chi connectivity index (χ1v) is 9.59. The summed E-state index contributed by atoms with van der Waals surface area (Å²) in [5, 5.41) is 6.72. The number of rotatable bonds is 5. The minimum absolute atomic E-state index is 0.135. The highest BCUT2D eigenvalue weighted by Gasteiger charge is 2.22. The molecule has 1 saturated heterocycles. The Morgan fingerprint density at radius 1 is 1.25 bits per heavy atom. The van der Waals surface area contributed by atoms with E-state index in [1.165, 1.54) is 18.2 Å². The lowest BCUT2D eigenvalue weighted by Crippen LogP contribution is -2.50. The van der Waals surface area contributed by atoms with Crippen LogP contribution in [-0.4, -0.2) is 42.0 Å². The molecule has 28 heavy (non-hydrogen) atoms. The summed E-state index contributed by atoms with van der Waals surface area (Å²) < 4.78 is 27.9. The van der Waals surface area contributed by atoms with Crippen LogP contribution in [0.4, 0.5) is 8.78 Å². The number of halogens is 2. The maximum Gasteiger partial charge on any atom is 0.191 e. The van der Waals surface area contributed by atoms with Crippen molar-refractivity contribution in [2.45, 2.75) is 38.9 Å². The number of aryl methyl sites for hydroxylation is 1. The van der Waals surface area contributed by atoms with E-state index in [1.54, 1.807) is 13.2 Å². The van der Waals surface area contributed by atoms with Gasteiger partial charge in [0.1, 0.15) is 11.6 Å². The van der Waals surface area contributed by atoms with Crippen LogP contribution in [0.2, 0.25) is 0 Å². The third-order valence-electron chi connectivity index (χ3n) is 5.05. The maximum atomic E-state index is 13.9. The standard InChI is InChI=1S/C21H27F2N5/c1-15-6-4-10-25-20(15)12-26-21(24-2)27-16-7-5-11-28(13-16)14-17-18(22)8-3-9-19(17)23/h3-4,6,8-10,16H,5,7,11-14H2,1-2H3,(H2,24,26,27). The van der Waals surface area contributed by atoms with Gasteiger partial charge in [-0.2, -0.15) is 0 Å². The van der Waals surface area contributed by atoms with Crippen LogP contribution in [0.1, 0.15) is 29.7 Å². The summed E-state index contributed by atoms with van der Waals surface area (Å²) in [6.45, 7) is 4.42. The maximum absolute atomic E-state index is 13.9. The van der Waals surface area contributed by atoms with Crippen molar-refractivity contribution in [3.8, 4) is 0 Å². The van der Waals surface area contributed by atoms with Crippen LogP contribution in [-0.2, 0) is 13.1 Å². The molecule has 1 atom stereocenters. The predicted octanol–water partition coefficient (Wildman–Crippen LogP) is 3.00. The summed E-state index contributed by atoms with van der Waals surface area (Å²) in [5.41, 5.74) is 2.24. The van der Waals surface area contributed by atoms with Gasteiger partial charge in [-0.1, -0.05) is 12.1 Å². The van der Waals surface area contributed by atoms with E-state index in [0.29, 0.717) is 19.0 Å². The normalized spacial score (nSPS) is 18.1. The summed E-state index contributed by atoms with van der Waals surface area (Å²) in [6, 6.07) is 8.13. The molecular formula is C21H27F2N5. The molecule has 2 heterocycles. The number of hydrogen-bond donors (Lipinski definition) is 2. The van der Waals surface area contributed by atoms with Gasteiger partial charge in [-0.3, -0.25) is 14.9 Å². The Morgan fingerprint density at radius 3 is 2.75 bits per heavy atom. The first-order valence-electron chi connectivity index (χ1n) is 9.59. The van der Waals surface area contributed by atoms with Gasteiger partial charge in [-0.15, -0.1) is 0 Å². The molecule has 7 heteroatoms. The molecule has 5 nitrogen and oxygen atoms in total. The van der Waals surface area contributed by atoms with Crippen LogP contribution in [0, 0.1) is 18.6 Å². The molecule has 0 bridgehead atoms. The van der Waals surface area contributed by atoms with Crippen LogP contribution in [0.25, 0.3) is 0 Å². The highest BCUT2D eigenvalue weighted by Crippen LogP contribution is 2.18. The number of benzene rings is 1. The molecule has 3 rings (SSSR count). The van der Waals surface area contributed by atoms with E-state index in [9.17, 15) is 8.78 Å². The minimum Gasteiger partial charge on any atom is -0.352 e. The van der Waals surface area contributed by atoms with Crippen molar-refractivity contribution in [3.05, 3.63) is 65.0 Å². The van der Waals surface area contributed by atoms with Crippen molar-refractivity contribution in [2.24, 2.45) is 4.99 Å². The van der Waals surface area contributed by atoms with Crippen LogP contribution in [0.15, 0.2) is 41.5 Å². The molecule has 0 aliphatic carbocycles. The summed E-state index contributed by atoms with van der Waals surface area (Å²) >= 11 is 0. The summed E-state index contributed by atoms with van der Waals surface area (Å²) in [6.07, 6.45) is 3.73. The number of aromatic nitrogens is 1. The molecule has 2 N–H and O–H groups in total. The number of hydrogen-bond acceptors (Lipinski definition) is 3. The van der Waals surface area contributed by atoms with E-state index < -0.39 is 11.6 Å². The summed E-state index contributed by atoms with van der Waals surface area (Å²) in [4.78, 5) is 10.8. The largest absolute Gasteiger partial charge is 0.352 e. The summed E-state index contributed by atoms with van der Waals surface area (Å²) in [7, 11) is 1.73. The third kappa shape index (κ3) is 5.25. The van der Waals surface area contributed by atoms with E-state index in [1.807, 2.05) is 19.1 Å². The van der Waals surface area contributed by atoms with Crippen molar-refractivity contribution in [1.29, 1.82) is 0 Å². The van der Waals surface area contributed by atoms with Crippen LogP contribution in [0.3, 0.4) is 0 Å². The fourth-order valence-electron chi connectivity index (χ4n) is 3.48. The number of pyridine rings is 1. The zero-order chi connectivity index (χ0) is 19.9. The second-order valence-electron chi connectivity index (χ2n) is 7.11. The highest BCUT2D eigenvalue weighted by molar-refractivity contribution is 5.79. The molecule has 1 unspecified atom stereocenters. The van der Waals surface area contributed by atoms with Crippen LogP contribution < -0.4 is 10.6 Å². The summed E-state index contributed by atoms with van der Waals surface area (Å²) in [5.74, 6) is -0.273. The van der Waals surface area contributed by atoms with Gasteiger partial charge in [0.2, 0.25) is 0 Å². The molecule has 2 aromatic rings. The first-order chi connectivity index (χ1) is 13.6. The highest BCUT2D eigenvalue weighted by atomic mass is 19.1. The molecule has 1 aromatic carbocycles. The first kappa shape index (κ1) is 20.2. The number of likely N-dealkylation sites (tertiary alicyclic amines) is 1. The van der Waals surface area contributed by atoms with Gasteiger partial charge >= 0.3 is 0 Å². The fourth-order valence-corrected chi connectivity index (χ4v) is 3.48. The van der Waals surface area contributed by atoms with Gasteiger partial charge in [0.05, 0.1) is 12.2 Å². The number of piperidine rings is 1. The second kappa shape index (κ2) is 9.59. The third-order valence-corrected chi connectivity index (χ3v) is 5.05. The smallest absolute Gasteiger partial charge is 0.191 e. The number of nitrogens with one attached hydrogen (secondary N) is 2. The van der Waals surface area contributed by atoms with Crippen molar-refractivity contribution in [2.75, 3.05) is 20.1 Å². The Bertz CT molecular complexity index is 804. The molecule has 1 aliphatic heterocycles. The van der Waals surface area contributed by atoms with Crippen molar-refractivity contribution >= 4 is 5.96 Å². The molecular weight excluding hydrogens is 360 g/mol. The molecule has 150 valence electrons. The van der Waals surface area contributed by atoms with Crippen molar-refractivity contribution < 1.29 is 8.78 Å². The Labute approximate surface area is 164 Å². The zero-order valence-corrected chi connectivity index (χ0v) is 16.4. The quantitative estimate of drug-likeness (QED) is 0.612. The molecule has 0 radical (unpaired) electrons. The Hall–Kier alpha value is -2.54. The predicted molar refractivity (Wildman–Crippen MR) is 107 cm³/mol. The lowest BCUT2D eigenvalue weighted by Gasteiger charge is -2.34. The average Bonchev–Trinajstić information content (AvgIpc) is 2.69. The molecule has 0 spiro atoms. The lowest BCUT2D eigenvalue weighted by molar-refractivity contribution is 0.188. The number of aliphatic imine (C=N–C) groups is 1. The van der Waals surface area contributed by atoms with Gasteiger partial charge in [-0.25, -0.2) is 8.78 Å².